The van der Waals surface area contributed by atoms with Gasteiger partial charge in [-0.3, -0.25) is 9.89 Å². The van der Waals surface area contributed by atoms with Crippen LogP contribution in [-0.2, 0) is 0 Å². The van der Waals surface area contributed by atoms with Crippen LogP contribution in [0.1, 0.15) is 22.5 Å². The fraction of sp³-hybridized carbons (Fsp3) is 0.111. The van der Waals surface area contributed by atoms with Crippen molar-refractivity contribution < 1.29 is 31.1 Å². The van der Waals surface area contributed by atoms with Crippen molar-refractivity contribution in [1.82, 2.24) is 10.2 Å². The van der Waals surface area contributed by atoms with Crippen molar-refractivity contribution in [3.05, 3.63) is 71.1 Å². The van der Waals surface area contributed by atoms with E-state index in [-0.39, 0.29) is 16.8 Å². The van der Waals surface area contributed by atoms with Gasteiger partial charge >= 0.3 is 0 Å². The quantitative estimate of drug-likeness (QED) is 0.504. The predicted molar refractivity (Wildman–Crippen MR) is 88.0 cm³/mol. The number of benzene rings is 2. The fourth-order valence-electron chi connectivity index (χ4n) is 2.69. The molecule has 3 rings (SSSR count). The highest BCUT2D eigenvalue weighted by atomic mass is 19.3. The summed E-state index contributed by atoms with van der Waals surface area (Å²) in [5, 5.41) is 4.74. The van der Waals surface area contributed by atoms with E-state index < -0.39 is 47.0 Å². The molecule has 0 saturated carbocycles. The first kappa shape index (κ1) is 19.5. The molecular formula is C18H11F6N3O. The maximum atomic E-state index is 14.2. The van der Waals surface area contributed by atoms with Gasteiger partial charge in [-0.05, 0) is 12.1 Å². The molecule has 0 aliphatic rings. The van der Waals surface area contributed by atoms with E-state index >= 15 is 0 Å². The van der Waals surface area contributed by atoms with Gasteiger partial charge in [0.2, 0.25) is 5.95 Å². The Bertz CT molecular complexity index is 1050. The van der Waals surface area contributed by atoms with Crippen LogP contribution in [-0.4, -0.2) is 23.2 Å². The SMILES string of the molecule is CN(C(=O)c1c(F)n[nH]c1C(F)F)c1ccccc1-c1cc(F)c(F)cc1F. The number of carbonyl (C=O) groups excluding carboxylic acids is 1. The molecule has 3 aromatic rings. The van der Waals surface area contributed by atoms with Crippen LogP contribution in [0.15, 0.2) is 36.4 Å². The maximum absolute atomic E-state index is 14.2. The van der Waals surface area contributed by atoms with E-state index in [9.17, 15) is 31.1 Å². The van der Waals surface area contributed by atoms with Gasteiger partial charge in [-0.2, -0.15) is 4.39 Å². The number of aromatic amines is 1. The van der Waals surface area contributed by atoms with Gasteiger partial charge in [-0.25, -0.2) is 22.0 Å². The lowest BCUT2D eigenvalue weighted by molar-refractivity contribution is 0.0973. The molecule has 0 unspecified atom stereocenters. The lowest BCUT2D eigenvalue weighted by Crippen LogP contribution is -2.28. The number of rotatable bonds is 4. The van der Waals surface area contributed by atoms with Crippen LogP contribution in [0.4, 0.5) is 32.0 Å². The Labute approximate surface area is 154 Å². The number of alkyl halides is 2. The van der Waals surface area contributed by atoms with E-state index in [4.69, 9.17) is 0 Å². The summed E-state index contributed by atoms with van der Waals surface area (Å²) in [7, 11) is 1.14. The molecule has 0 saturated heterocycles. The number of nitrogens with zero attached hydrogens (tertiary/aromatic N) is 2. The lowest BCUT2D eigenvalue weighted by atomic mass is 10.0. The maximum Gasteiger partial charge on any atom is 0.280 e. The van der Waals surface area contributed by atoms with Crippen LogP contribution in [0.25, 0.3) is 11.1 Å². The van der Waals surface area contributed by atoms with E-state index in [2.05, 4.69) is 5.10 Å². The highest BCUT2D eigenvalue weighted by molar-refractivity contribution is 6.08. The van der Waals surface area contributed by atoms with Crippen LogP contribution in [0, 0.1) is 23.4 Å². The zero-order valence-electron chi connectivity index (χ0n) is 14.1. The molecule has 4 nitrogen and oxygen atoms in total. The van der Waals surface area contributed by atoms with E-state index in [0.717, 1.165) is 11.9 Å². The number of hydrogen-bond donors (Lipinski definition) is 1. The summed E-state index contributed by atoms with van der Waals surface area (Å²) in [5.74, 6) is -6.43. The molecule has 2 aromatic carbocycles. The number of halogens is 6. The van der Waals surface area contributed by atoms with Crippen molar-refractivity contribution in [2.24, 2.45) is 0 Å². The predicted octanol–water partition coefficient (Wildman–Crippen LogP) is 4.85. The molecule has 0 radical (unpaired) electrons. The first-order valence-corrected chi connectivity index (χ1v) is 7.76. The summed E-state index contributed by atoms with van der Waals surface area (Å²) in [6.07, 6.45) is -3.19. The minimum absolute atomic E-state index is 0.0303. The number of para-hydroxylation sites is 1. The molecule has 146 valence electrons. The molecule has 28 heavy (non-hydrogen) atoms. The molecule has 1 amide bonds. The summed E-state index contributed by atoms with van der Waals surface area (Å²) in [6.45, 7) is 0. The average Bonchev–Trinajstić information content (AvgIpc) is 3.05. The van der Waals surface area contributed by atoms with Gasteiger partial charge in [0.05, 0.1) is 5.69 Å². The summed E-state index contributed by atoms with van der Waals surface area (Å²) in [5.41, 5.74) is -2.42. The number of hydrogen-bond acceptors (Lipinski definition) is 2. The number of aromatic nitrogens is 2. The lowest BCUT2D eigenvalue weighted by Gasteiger charge is -2.21. The molecule has 0 atom stereocenters. The Morgan fingerprint density at radius 1 is 1.00 bits per heavy atom. The second-order valence-corrected chi connectivity index (χ2v) is 5.73. The normalized spacial score (nSPS) is 11.1. The standard InChI is InChI=1S/C18H11F6N3O/c1-27(18(28)14-15(16(22)23)25-26-17(14)24)13-5-3-2-4-8(13)9-6-11(20)12(21)7-10(9)19/h2-7,16H,1H3,(H,25,26). The molecule has 0 bridgehead atoms. The van der Waals surface area contributed by atoms with Crippen LogP contribution < -0.4 is 4.90 Å². The molecule has 0 spiro atoms. The highest BCUT2D eigenvalue weighted by Gasteiger charge is 2.30. The summed E-state index contributed by atoms with van der Waals surface area (Å²) in [6, 6.07) is 6.46. The average molecular weight is 399 g/mol. The van der Waals surface area contributed by atoms with Gasteiger partial charge in [-0.1, -0.05) is 18.2 Å². The third-order valence-corrected chi connectivity index (χ3v) is 4.05. The van der Waals surface area contributed by atoms with Gasteiger partial charge in [0.15, 0.2) is 11.6 Å². The highest BCUT2D eigenvalue weighted by Crippen LogP contribution is 2.34. The first-order valence-electron chi connectivity index (χ1n) is 7.76. The van der Waals surface area contributed by atoms with Crippen molar-refractivity contribution in [3.8, 4) is 11.1 Å². The molecule has 1 heterocycles. The van der Waals surface area contributed by atoms with Crippen molar-refractivity contribution >= 4 is 11.6 Å². The summed E-state index contributed by atoms with van der Waals surface area (Å²) >= 11 is 0. The second kappa shape index (κ2) is 7.37. The van der Waals surface area contributed by atoms with Gasteiger partial charge in [0.25, 0.3) is 12.3 Å². The second-order valence-electron chi connectivity index (χ2n) is 5.73. The van der Waals surface area contributed by atoms with Crippen LogP contribution in [0.3, 0.4) is 0 Å². The Morgan fingerprint density at radius 2 is 1.64 bits per heavy atom. The van der Waals surface area contributed by atoms with E-state index in [1.54, 1.807) is 5.10 Å². The monoisotopic (exact) mass is 399 g/mol. The van der Waals surface area contributed by atoms with E-state index in [0.29, 0.717) is 12.1 Å². The number of carbonyl (C=O) groups is 1. The molecular weight excluding hydrogens is 388 g/mol. The van der Waals surface area contributed by atoms with Crippen LogP contribution >= 0.6 is 0 Å². The van der Waals surface area contributed by atoms with Gasteiger partial charge in [-0.15, -0.1) is 5.10 Å². The molecule has 0 fully saturated rings. The van der Waals surface area contributed by atoms with Crippen LogP contribution in [0.5, 0.6) is 0 Å². The Kier molecular flexibility index (Phi) is 5.12. The first-order chi connectivity index (χ1) is 13.2. The van der Waals surface area contributed by atoms with Crippen molar-refractivity contribution in [1.29, 1.82) is 0 Å². The molecule has 1 N–H and O–H groups in total. The van der Waals surface area contributed by atoms with Crippen molar-refractivity contribution in [2.45, 2.75) is 6.43 Å². The van der Waals surface area contributed by atoms with Gasteiger partial charge in [0, 0.05) is 24.2 Å². The Morgan fingerprint density at radius 3 is 2.32 bits per heavy atom. The Balaban J connectivity index is 2.10. The minimum atomic E-state index is -3.19. The summed E-state index contributed by atoms with van der Waals surface area (Å²) in [4.78, 5) is 13.4. The fourth-order valence-corrected chi connectivity index (χ4v) is 2.69. The number of H-pyrrole nitrogens is 1. The number of anilines is 1. The van der Waals surface area contributed by atoms with E-state index in [1.807, 2.05) is 0 Å². The molecule has 1 aromatic heterocycles. The molecule has 10 heteroatoms. The molecule has 0 aliphatic carbocycles. The van der Waals surface area contributed by atoms with Gasteiger partial charge in [0.1, 0.15) is 17.1 Å². The van der Waals surface area contributed by atoms with E-state index in [1.165, 1.54) is 24.3 Å². The molecule has 0 aliphatic heterocycles. The largest absolute Gasteiger partial charge is 0.311 e. The third-order valence-electron chi connectivity index (χ3n) is 4.05. The van der Waals surface area contributed by atoms with Crippen molar-refractivity contribution in [3.63, 3.8) is 0 Å². The number of amides is 1. The van der Waals surface area contributed by atoms with Crippen LogP contribution in [0.2, 0.25) is 0 Å². The van der Waals surface area contributed by atoms with Crippen molar-refractivity contribution in [2.75, 3.05) is 11.9 Å². The summed E-state index contributed by atoms with van der Waals surface area (Å²) < 4.78 is 80.8. The smallest absolute Gasteiger partial charge is 0.280 e. The number of nitrogens with one attached hydrogen (secondary N) is 1. The zero-order chi connectivity index (χ0) is 20.6. The Hall–Kier alpha value is -3.30. The minimum Gasteiger partial charge on any atom is -0.311 e. The third kappa shape index (κ3) is 3.32. The topological polar surface area (TPSA) is 49.0 Å². The zero-order valence-corrected chi connectivity index (χ0v) is 14.1. The van der Waals surface area contributed by atoms with Gasteiger partial charge < -0.3 is 4.90 Å².